The van der Waals surface area contributed by atoms with Gasteiger partial charge < -0.3 is 9.42 Å². The summed E-state index contributed by atoms with van der Waals surface area (Å²) >= 11 is 3.35. The maximum Gasteiger partial charge on any atom is 0.226 e. The highest BCUT2D eigenvalue weighted by molar-refractivity contribution is 9.10. The highest BCUT2D eigenvalue weighted by Crippen LogP contribution is 2.27. The molecule has 2 aromatic rings. The fourth-order valence-corrected chi connectivity index (χ4v) is 2.62. The van der Waals surface area contributed by atoms with E-state index in [4.69, 9.17) is 4.52 Å². The van der Waals surface area contributed by atoms with Crippen molar-refractivity contribution in [2.24, 2.45) is 0 Å². The van der Waals surface area contributed by atoms with Gasteiger partial charge in [-0.25, -0.2) is 9.97 Å². The lowest BCUT2D eigenvalue weighted by Crippen LogP contribution is -2.35. The lowest BCUT2D eigenvalue weighted by atomic mass is 9.98. The van der Waals surface area contributed by atoms with Crippen LogP contribution in [0.1, 0.15) is 37.4 Å². The fourth-order valence-electron chi connectivity index (χ4n) is 2.42. The van der Waals surface area contributed by atoms with Crippen LogP contribution in [0.5, 0.6) is 0 Å². The first-order valence-corrected chi connectivity index (χ1v) is 7.60. The number of aryl methyl sites for hydroxylation is 1. The van der Waals surface area contributed by atoms with Crippen LogP contribution >= 0.6 is 15.9 Å². The van der Waals surface area contributed by atoms with E-state index in [9.17, 15) is 0 Å². The standard InChI is InChI=1S/C13H16BrN5O/c1-2-11-17-12(18-20-11)9-4-3-5-19(8-9)13-15-6-10(14)7-16-13/h6-7,9H,2-5,8H2,1H3/t9-/m0/s1. The van der Waals surface area contributed by atoms with E-state index < -0.39 is 0 Å². The van der Waals surface area contributed by atoms with Crippen LogP contribution in [-0.4, -0.2) is 33.2 Å². The number of hydrogen-bond acceptors (Lipinski definition) is 6. The van der Waals surface area contributed by atoms with E-state index in [0.29, 0.717) is 11.8 Å². The van der Waals surface area contributed by atoms with Gasteiger partial charge in [-0.3, -0.25) is 0 Å². The number of anilines is 1. The van der Waals surface area contributed by atoms with Crippen molar-refractivity contribution in [1.82, 2.24) is 20.1 Å². The normalized spacial score (nSPS) is 19.3. The second kappa shape index (κ2) is 5.87. The van der Waals surface area contributed by atoms with E-state index in [0.717, 1.165) is 48.6 Å². The molecule has 0 unspecified atom stereocenters. The molecular weight excluding hydrogens is 322 g/mol. The van der Waals surface area contributed by atoms with Crippen molar-refractivity contribution in [2.75, 3.05) is 18.0 Å². The van der Waals surface area contributed by atoms with Gasteiger partial charge in [-0.15, -0.1) is 0 Å². The Hall–Kier alpha value is -1.50. The average Bonchev–Trinajstić information content (AvgIpc) is 2.97. The van der Waals surface area contributed by atoms with Crippen LogP contribution < -0.4 is 4.90 Å². The van der Waals surface area contributed by atoms with Gasteiger partial charge in [0.2, 0.25) is 11.8 Å². The Labute approximate surface area is 125 Å². The number of piperidine rings is 1. The molecule has 2 aromatic heterocycles. The van der Waals surface area contributed by atoms with Crippen LogP contribution in [0.15, 0.2) is 21.4 Å². The highest BCUT2D eigenvalue weighted by atomic mass is 79.9. The summed E-state index contributed by atoms with van der Waals surface area (Å²) in [6.07, 6.45) is 6.49. The number of aromatic nitrogens is 4. The number of halogens is 1. The number of nitrogens with zero attached hydrogens (tertiary/aromatic N) is 5. The smallest absolute Gasteiger partial charge is 0.226 e. The van der Waals surface area contributed by atoms with E-state index in [-0.39, 0.29) is 0 Å². The van der Waals surface area contributed by atoms with Crippen LogP contribution in [0.2, 0.25) is 0 Å². The third-order valence-corrected chi connectivity index (χ3v) is 3.87. The Kier molecular flexibility index (Phi) is 3.95. The summed E-state index contributed by atoms with van der Waals surface area (Å²) in [5.41, 5.74) is 0. The molecule has 20 heavy (non-hydrogen) atoms. The lowest BCUT2D eigenvalue weighted by molar-refractivity contribution is 0.367. The van der Waals surface area contributed by atoms with Crippen LogP contribution in [0.4, 0.5) is 5.95 Å². The van der Waals surface area contributed by atoms with Crippen molar-refractivity contribution in [2.45, 2.75) is 32.1 Å². The van der Waals surface area contributed by atoms with Crippen LogP contribution in [0.3, 0.4) is 0 Å². The predicted molar refractivity (Wildman–Crippen MR) is 77.6 cm³/mol. The van der Waals surface area contributed by atoms with E-state index in [1.54, 1.807) is 12.4 Å². The molecule has 3 heterocycles. The monoisotopic (exact) mass is 337 g/mol. The topological polar surface area (TPSA) is 67.9 Å². The third kappa shape index (κ3) is 2.82. The van der Waals surface area contributed by atoms with Gasteiger partial charge in [0.1, 0.15) is 0 Å². The van der Waals surface area contributed by atoms with Crippen molar-refractivity contribution in [1.29, 1.82) is 0 Å². The second-order valence-electron chi connectivity index (χ2n) is 4.89. The zero-order chi connectivity index (χ0) is 13.9. The minimum absolute atomic E-state index is 0.292. The molecule has 1 saturated heterocycles. The molecule has 0 bridgehead atoms. The van der Waals surface area contributed by atoms with Crippen molar-refractivity contribution >= 4 is 21.9 Å². The Bertz CT molecular complexity index is 570. The molecule has 3 rings (SSSR count). The Balaban J connectivity index is 1.74. The van der Waals surface area contributed by atoms with Gasteiger partial charge in [0, 0.05) is 37.8 Å². The van der Waals surface area contributed by atoms with Gasteiger partial charge in [-0.2, -0.15) is 4.98 Å². The van der Waals surface area contributed by atoms with Crippen LogP contribution in [-0.2, 0) is 6.42 Å². The van der Waals surface area contributed by atoms with Gasteiger partial charge in [0.15, 0.2) is 5.82 Å². The van der Waals surface area contributed by atoms with Crippen molar-refractivity contribution < 1.29 is 4.52 Å². The highest BCUT2D eigenvalue weighted by Gasteiger charge is 2.26. The van der Waals surface area contributed by atoms with E-state index >= 15 is 0 Å². The zero-order valence-electron chi connectivity index (χ0n) is 11.3. The lowest BCUT2D eigenvalue weighted by Gasteiger charge is -2.31. The van der Waals surface area contributed by atoms with Gasteiger partial charge in [-0.1, -0.05) is 12.1 Å². The molecule has 0 aromatic carbocycles. The molecule has 1 aliphatic heterocycles. The molecule has 1 fully saturated rings. The molecular formula is C13H16BrN5O. The Morgan fingerprint density at radius 1 is 1.40 bits per heavy atom. The summed E-state index contributed by atoms with van der Waals surface area (Å²) < 4.78 is 6.10. The van der Waals surface area contributed by atoms with E-state index in [1.165, 1.54) is 0 Å². The quantitative estimate of drug-likeness (QED) is 0.857. The molecule has 106 valence electrons. The van der Waals surface area contributed by atoms with Crippen molar-refractivity contribution in [3.05, 3.63) is 28.6 Å². The molecule has 0 amide bonds. The Morgan fingerprint density at radius 2 is 2.20 bits per heavy atom. The van der Waals surface area contributed by atoms with E-state index in [1.807, 2.05) is 6.92 Å². The SMILES string of the molecule is CCc1nc([C@H]2CCCN(c3ncc(Br)cn3)C2)no1. The Morgan fingerprint density at radius 3 is 2.90 bits per heavy atom. The molecule has 0 N–H and O–H groups in total. The fraction of sp³-hybridized carbons (Fsp3) is 0.538. The maximum absolute atomic E-state index is 5.21. The zero-order valence-corrected chi connectivity index (χ0v) is 12.9. The second-order valence-corrected chi connectivity index (χ2v) is 5.80. The predicted octanol–water partition coefficient (Wildman–Crippen LogP) is 2.57. The molecule has 0 spiro atoms. The van der Waals surface area contributed by atoms with Crippen LogP contribution in [0.25, 0.3) is 0 Å². The van der Waals surface area contributed by atoms with Gasteiger partial charge >= 0.3 is 0 Å². The maximum atomic E-state index is 5.21. The average molecular weight is 338 g/mol. The summed E-state index contributed by atoms with van der Waals surface area (Å²) in [6.45, 7) is 3.82. The summed E-state index contributed by atoms with van der Waals surface area (Å²) in [6, 6.07) is 0. The minimum atomic E-state index is 0.292. The summed E-state index contributed by atoms with van der Waals surface area (Å²) in [7, 11) is 0. The van der Waals surface area contributed by atoms with Crippen molar-refractivity contribution in [3.63, 3.8) is 0 Å². The third-order valence-electron chi connectivity index (χ3n) is 3.46. The van der Waals surface area contributed by atoms with Gasteiger partial charge in [-0.05, 0) is 28.8 Å². The number of hydrogen-bond donors (Lipinski definition) is 0. The first-order chi connectivity index (χ1) is 9.76. The summed E-state index contributed by atoms with van der Waals surface area (Å²) in [5, 5.41) is 4.09. The molecule has 6 nitrogen and oxygen atoms in total. The molecule has 0 aliphatic carbocycles. The molecule has 0 radical (unpaired) electrons. The minimum Gasteiger partial charge on any atom is -0.340 e. The number of rotatable bonds is 3. The summed E-state index contributed by atoms with van der Waals surface area (Å²) in [4.78, 5) is 15.3. The molecule has 7 heteroatoms. The van der Waals surface area contributed by atoms with Gasteiger partial charge in [0.05, 0.1) is 4.47 Å². The summed E-state index contributed by atoms with van der Waals surface area (Å²) in [5.74, 6) is 2.57. The molecule has 0 saturated carbocycles. The first kappa shape index (κ1) is 13.5. The molecule has 1 atom stereocenters. The van der Waals surface area contributed by atoms with E-state index in [2.05, 4.69) is 40.9 Å². The van der Waals surface area contributed by atoms with Crippen LogP contribution in [0, 0.1) is 0 Å². The molecule has 1 aliphatic rings. The van der Waals surface area contributed by atoms with Crippen molar-refractivity contribution in [3.8, 4) is 0 Å². The largest absolute Gasteiger partial charge is 0.340 e. The van der Waals surface area contributed by atoms with Gasteiger partial charge in [0.25, 0.3) is 0 Å². The first-order valence-electron chi connectivity index (χ1n) is 6.81.